The number of aryl methyl sites for hydroxylation is 1. The van der Waals surface area contributed by atoms with Gasteiger partial charge in [-0.25, -0.2) is 0 Å². The van der Waals surface area contributed by atoms with E-state index in [0.717, 1.165) is 6.42 Å². The van der Waals surface area contributed by atoms with Crippen molar-refractivity contribution in [3.8, 4) is 0 Å². The van der Waals surface area contributed by atoms with Gasteiger partial charge in [0.25, 0.3) is 0 Å². The van der Waals surface area contributed by atoms with E-state index < -0.39 is 0 Å². The van der Waals surface area contributed by atoms with Crippen molar-refractivity contribution in [1.29, 1.82) is 0 Å². The fourth-order valence-electron chi connectivity index (χ4n) is 2.29. The van der Waals surface area contributed by atoms with E-state index in [0.29, 0.717) is 15.7 Å². The topological polar surface area (TPSA) is 29.1 Å². The summed E-state index contributed by atoms with van der Waals surface area (Å²) < 4.78 is 0. The molecule has 1 atom stereocenters. The fourth-order valence-corrected chi connectivity index (χ4v) is 4.03. The van der Waals surface area contributed by atoms with E-state index in [9.17, 15) is 4.79 Å². The average Bonchev–Trinajstić information content (AvgIpc) is 2.85. The minimum atomic E-state index is -0.117. The number of amides is 1. The van der Waals surface area contributed by atoms with Gasteiger partial charge >= 0.3 is 0 Å². The maximum absolute atomic E-state index is 12.4. The van der Waals surface area contributed by atoms with Crippen molar-refractivity contribution < 1.29 is 4.79 Å². The molecule has 2 aromatic carbocycles. The minimum Gasteiger partial charge on any atom is -0.324 e. The molecule has 1 unspecified atom stereocenters. The maximum atomic E-state index is 12.4. The van der Waals surface area contributed by atoms with Crippen LogP contribution in [-0.2, 0) is 11.2 Å². The summed E-state index contributed by atoms with van der Waals surface area (Å²) in [7, 11) is 0. The number of carbonyl (C=O) groups is 1. The van der Waals surface area contributed by atoms with Crippen LogP contribution >= 0.6 is 35.0 Å². The van der Waals surface area contributed by atoms with E-state index >= 15 is 0 Å². The van der Waals surface area contributed by atoms with Gasteiger partial charge < -0.3 is 5.32 Å². The molecule has 3 rings (SSSR count). The highest BCUT2D eigenvalue weighted by Crippen LogP contribution is 2.38. The fraction of sp³-hybridized carbons (Fsp3) is 0.188. The third-order valence-electron chi connectivity index (χ3n) is 3.38. The second-order valence-corrected chi connectivity index (χ2v) is 7.12. The molecule has 1 N–H and O–H groups in total. The lowest BCUT2D eigenvalue weighted by Crippen LogP contribution is -2.24. The summed E-state index contributed by atoms with van der Waals surface area (Å²) in [5.41, 5.74) is 3.04. The Bertz CT molecular complexity index is 717. The second kappa shape index (κ2) is 5.91. The lowest BCUT2D eigenvalue weighted by atomic mass is 10.1. The molecule has 2 nitrogen and oxygen atoms in total. The summed E-state index contributed by atoms with van der Waals surface area (Å²) in [6.07, 6.45) is 0.747. The zero-order valence-electron chi connectivity index (χ0n) is 11.3. The largest absolute Gasteiger partial charge is 0.324 e. The number of anilines is 1. The molecule has 0 saturated carbocycles. The number of thioether (sulfide) groups is 1. The Morgan fingerprint density at radius 2 is 2.05 bits per heavy atom. The number of fused-ring (bicyclic) bond motifs is 1. The zero-order chi connectivity index (χ0) is 15.0. The first-order valence-electron chi connectivity index (χ1n) is 6.55. The van der Waals surface area contributed by atoms with E-state index in [1.54, 1.807) is 30.0 Å². The van der Waals surface area contributed by atoms with Crippen molar-refractivity contribution in [1.82, 2.24) is 0 Å². The van der Waals surface area contributed by atoms with Crippen molar-refractivity contribution >= 4 is 46.6 Å². The number of carbonyl (C=O) groups excluding carboxylic acids is 1. The smallest absolute Gasteiger partial charge is 0.238 e. The molecule has 108 valence electrons. The molecule has 1 aliphatic heterocycles. The normalized spacial score (nSPS) is 16.6. The van der Waals surface area contributed by atoms with Crippen molar-refractivity contribution in [3.05, 3.63) is 57.6 Å². The molecule has 0 radical (unpaired) electrons. The summed E-state index contributed by atoms with van der Waals surface area (Å²) in [4.78, 5) is 13.6. The maximum Gasteiger partial charge on any atom is 0.238 e. The monoisotopic (exact) mass is 337 g/mol. The minimum absolute atomic E-state index is 0.0296. The van der Waals surface area contributed by atoms with Gasteiger partial charge in [0.1, 0.15) is 0 Å². The molecule has 0 aromatic heterocycles. The molecule has 21 heavy (non-hydrogen) atoms. The van der Waals surface area contributed by atoms with E-state index in [2.05, 4.69) is 30.4 Å². The third-order valence-corrected chi connectivity index (χ3v) is 5.23. The molecule has 0 spiro atoms. The predicted molar refractivity (Wildman–Crippen MR) is 89.6 cm³/mol. The molecular formula is C16H13Cl2NOS. The summed E-state index contributed by atoms with van der Waals surface area (Å²) in [5.74, 6) is -0.0296. The van der Waals surface area contributed by atoms with Gasteiger partial charge in [-0.05, 0) is 43.2 Å². The summed E-state index contributed by atoms with van der Waals surface area (Å²) in [6.45, 7) is 2.06. The van der Waals surface area contributed by atoms with Gasteiger partial charge in [0.05, 0.1) is 16.0 Å². The van der Waals surface area contributed by atoms with E-state index in [-0.39, 0.29) is 11.2 Å². The Morgan fingerprint density at radius 3 is 2.81 bits per heavy atom. The molecular weight excluding hydrogens is 325 g/mol. The van der Waals surface area contributed by atoms with Gasteiger partial charge in [-0.1, -0.05) is 40.9 Å². The van der Waals surface area contributed by atoms with Gasteiger partial charge in [-0.2, -0.15) is 0 Å². The van der Waals surface area contributed by atoms with Gasteiger partial charge in [0.15, 0.2) is 0 Å². The van der Waals surface area contributed by atoms with Gasteiger partial charge in [-0.3, -0.25) is 4.79 Å². The summed E-state index contributed by atoms with van der Waals surface area (Å²) >= 11 is 13.5. The molecule has 0 bridgehead atoms. The van der Waals surface area contributed by atoms with Crippen LogP contribution in [0.4, 0.5) is 5.69 Å². The van der Waals surface area contributed by atoms with Crippen molar-refractivity contribution in [2.24, 2.45) is 0 Å². The molecule has 0 aliphatic carbocycles. The van der Waals surface area contributed by atoms with Crippen LogP contribution in [0.1, 0.15) is 11.1 Å². The molecule has 0 saturated heterocycles. The first-order chi connectivity index (χ1) is 10.0. The van der Waals surface area contributed by atoms with Crippen molar-refractivity contribution in [2.45, 2.75) is 23.5 Å². The first-order valence-corrected chi connectivity index (χ1v) is 8.18. The van der Waals surface area contributed by atoms with Gasteiger partial charge in [0.2, 0.25) is 5.91 Å². The molecule has 2 aromatic rings. The van der Waals surface area contributed by atoms with Crippen LogP contribution in [0.15, 0.2) is 41.3 Å². The van der Waals surface area contributed by atoms with E-state index in [1.165, 1.54) is 16.0 Å². The standard InChI is InChI=1S/C16H13Cl2NOS/c1-9-2-3-10-7-15(21-14(10)6-9)16(20)19-13-5-4-11(17)8-12(13)18/h2-6,8,15H,7H2,1H3,(H,19,20). The molecule has 1 amide bonds. The average molecular weight is 338 g/mol. The van der Waals surface area contributed by atoms with Crippen LogP contribution in [-0.4, -0.2) is 11.2 Å². The lowest BCUT2D eigenvalue weighted by Gasteiger charge is -2.11. The Hall–Kier alpha value is -1.16. The van der Waals surface area contributed by atoms with Gasteiger partial charge in [-0.15, -0.1) is 11.8 Å². The Morgan fingerprint density at radius 1 is 1.24 bits per heavy atom. The second-order valence-electron chi connectivity index (χ2n) is 5.04. The number of benzene rings is 2. The van der Waals surface area contributed by atoms with Crippen LogP contribution in [0.5, 0.6) is 0 Å². The molecule has 0 fully saturated rings. The zero-order valence-corrected chi connectivity index (χ0v) is 13.6. The number of hydrogen-bond acceptors (Lipinski definition) is 2. The van der Waals surface area contributed by atoms with Crippen LogP contribution in [0.2, 0.25) is 10.0 Å². The van der Waals surface area contributed by atoms with Crippen LogP contribution < -0.4 is 5.32 Å². The number of halogens is 2. The van der Waals surface area contributed by atoms with Crippen LogP contribution in [0.25, 0.3) is 0 Å². The Labute approximate surface area is 137 Å². The molecule has 5 heteroatoms. The molecule has 1 aliphatic rings. The first kappa shape index (κ1) is 14.8. The number of nitrogens with one attached hydrogen (secondary N) is 1. The lowest BCUT2D eigenvalue weighted by molar-refractivity contribution is -0.115. The third kappa shape index (κ3) is 3.20. The highest BCUT2D eigenvalue weighted by atomic mass is 35.5. The molecule has 1 heterocycles. The van der Waals surface area contributed by atoms with Crippen LogP contribution in [0, 0.1) is 6.92 Å². The van der Waals surface area contributed by atoms with Crippen molar-refractivity contribution in [2.75, 3.05) is 5.32 Å². The SMILES string of the molecule is Cc1ccc2c(c1)SC(C(=O)Nc1ccc(Cl)cc1Cl)C2. The number of rotatable bonds is 2. The quantitative estimate of drug-likeness (QED) is 0.839. The Kier molecular flexibility index (Phi) is 4.16. The van der Waals surface area contributed by atoms with Crippen LogP contribution in [0.3, 0.4) is 0 Å². The van der Waals surface area contributed by atoms with E-state index in [1.807, 2.05) is 0 Å². The highest BCUT2D eigenvalue weighted by molar-refractivity contribution is 8.01. The number of hydrogen-bond donors (Lipinski definition) is 1. The van der Waals surface area contributed by atoms with E-state index in [4.69, 9.17) is 23.2 Å². The summed E-state index contributed by atoms with van der Waals surface area (Å²) in [5, 5.41) is 3.76. The van der Waals surface area contributed by atoms with Gasteiger partial charge in [0, 0.05) is 9.92 Å². The highest BCUT2D eigenvalue weighted by Gasteiger charge is 2.28. The summed E-state index contributed by atoms with van der Waals surface area (Å²) in [6, 6.07) is 11.4. The predicted octanol–water partition coefficient (Wildman–Crippen LogP) is 4.96. The van der Waals surface area contributed by atoms with Crippen molar-refractivity contribution in [3.63, 3.8) is 0 Å². The Balaban J connectivity index is 1.73.